The Labute approximate surface area is 110 Å². The van der Waals surface area contributed by atoms with Crippen molar-refractivity contribution in [3.63, 3.8) is 0 Å². The Hall–Kier alpha value is -1.06. The van der Waals surface area contributed by atoms with Crippen molar-refractivity contribution in [2.24, 2.45) is 5.92 Å². The summed E-state index contributed by atoms with van der Waals surface area (Å²) in [6.07, 6.45) is 0. The summed E-state index contributed by atoms with van der Waals surface area (Å²) in [5.41, 5.74) is 1.26. The lowest BCUT2D eigenvalue weighted by Gasteiger charge is -2.22. The largest absolute Gasteiger partial charge is 0.497 e. The van der Waals surface area contributed by atoms with E-state index < -0.39 is 0 Å². The second-order valence-electron chi connectivity index (χ2n) is 4.74. The Balaban J connectivity index is 2.44. The van der Waals surface area contributed by atoms with E-state index in [1.165, 1.54) is 5.56 Å². The summed E-state index contributed by atoms with van der Waals surface area (Å²) in [5.74, 6) is 1.46. The molecule has 0 radical (unpaired) electrons. The molecule has 0 fully saturated rings. The van der Waals surface area contributed by atoms with E-state index in [1.54, 1.807) is 7.11 Å². The fourth-order valence-electron chi connectivity index (χ4n) is 1.72. The molecule has 1 rings (SSSR count). The Morgan fingerprint density at radius 3 is 2.33 bits per heavy atom. The lowest BCUT2D eigenvalue weighted by atomic mass is 10.0. The fourth-order valence-corrected chi connectivity index (χ4v) is 1.72. The summed E-state index contributed by atoms with van der Waals surface area (Å²) >= 11 is 0. The molecule has 0 aromatic heterocycles. The second kappa shape index (κ2) is 8.11. The number of hydrogen-bond donors (Lipinski definition) is 1. The molecule has 0 bridgehead atoms. The monoisotopic (exact) mass is 251 g/mol. The van der Waals surface area contributed by atoms with Gasteiger partial charge in [-0.15, -0.1) is 0 Å². The van der Waals surface area contributed by atoms with Crippen LogP contribution in [0, 0.1) is 5.92 Å². The van der Waals surface area contributed by atoms with Crippen LogP contribution >= 0.6 is 0 Å². The average molecular weight is 251 g/mol. The topological polar surface area (TPSA) is 30.5 Å². The molecule has 0 spiro atoms. The molecule has 0 saturated heterocycles. The predicted octanol–water partition coefficient (Wildman–Crippen LogP) is 2.85. The minimum absolute atomic E-state index is 0.395. The zero-order valence-corrected chi connectivity index (χ0v) is 11.9. The van der Waals surface area contributed by atoms with Crippen LogP contribution in [0.4, 0.5) is 0 Å². The maximum Gasteiger partial charge on any atom is 0.118 e. The van der Waals surface area contributed by atoms with Gasteiger partial charge in [-0.25, -0.2) is 0 Å². The van der Waals surface area contributed by atoms with Crippen LogP contribution in [0.2, 0.25) is 0 Å². The van der Waals surface area contributed by atoms with E-state index in [-0.39, 0.29) is 0 Å². The third kappa shape index (κ3) is 5.07. The second-order valence-corrected chi connectivity index (χ2v) is 4.74. The summed E-state index contributed by atoms with van der Waals surface area (Å²) in [7, 11) is 1.68. The van der Waals surface area contributed by atoms with Crippen LogP contribution < -0.4 is 10.1 Å². The molecule has 1 N–H and O–H groups in total. The third-order valence-electron chi connectivity index (χ3n) is 3.03. The highest BCUT2D eigenvalue weighted by Crippen LogP contribution is 2.12. The first-order chi connectivity index (χ1) is 8.67. The van der Waals surface area contributed by atoms with E-state index in [2.05, 4.69) is 31.3 Å². The Morgan fingerprint density at radius 2 is 1.83 bits per heavy atom. The molecule has 102 valence electrons. The highest BCUT2D eigenvalue weighted by atomic mass is 16.5. The van der Waals surface area contributed by atoms with Crippen molar-refractivity contribution >= 4 is 0 Å². The number of methoxy groups -OCH3 is 1. The van der Waals surface area contributed by atoms with Gasteiger partial charge in [0.2, 0.25) is 0 Å². The molecular formula is C15H25NO2. The summed E-state index contributed by atoms with van der Waals surface area (Å²) in [5, 5.41) is 3.54. The maximum atomic E-state index is 5.50. The average Bonchev–Trinajstić information content (AvgIpc) is 2.39. The normalized spacial score (nSPS) is 12.7. The Bertz CT molecular complexity index is 322. The molecule has 0 saturated carbocycles. The fraction of sp³-hybridized carbons (Fsp3) is 0.600. The van der Waals surface area contributed by atoms with Gasteiger partial charge in [0.05, 0.1) is 13.7 Å². The van der Waals surface area contributed by atoms with Gasteiger partial charge in [0, 0.05) is 19.2 Å². The first-order valence-corrected chi connectivity index (χ1v) is 6.61. The van der Waals surface area contributed by atoms with E-state index in [0.29, 0.717) is 12.0 Å². The number of ether oxygens (including phenoxy) is 2. The van der Waals surface area contributed by atoms with Gasteiger partial charge in [0.15, 0.2) is 0 Å². The van der Waals surface area contributed by atoms with Gasteiger partial charge < -0.3 is 14.8 Å². The van der Waals surface area contributed by atoms with E-state index >= 15 is 0 Å². The number of benzene rings is 1. The zero-order chi connectivity index (χ0) is 13.4. The SMILES string of the molecule is CCOCC(NCc1ccc(OC)cc1)C(C)C. The van der Waals surface area contributed by atoms with Gasteiger partial charge in [-0.1, -0.05) is 26.0 Å². The molecule has 0 aliphatic heterocycles. The standard InChI is InChI=1S/C15H25NO2/c1-5-18-11-15(12(2)3)16-10-13-6-8-14(17-4)9-7-13/h6-9,12,15-16H,5,10-11H2,1-4H3. The molecule has 3 heteroatoms. The molecule has 1 unspecified atom stereocenters. The van der Waals surface area contributed by atoms with Crippen LogP contribution in [0.1, 0.15) is 26.3 Å². The van der Waals surface area contributed by atoms with E-state index in [9.17, 15) is 0 Å². The molecule has 1 aromatic rings. The third-order valence-corrected chi connectivity index (χ3v) is 3.03. The summed E-state index contributed by atoms with van der Waals surface area (Å²) in [4.78, 5) is 0. The first kappa shape index (κ1) is 15.0. The Morgan fingerprint density at radius 1 is 1.17 bits per heavy atom. The van der Waals surface area contributed by atoms with Gasteiger partial charge in [0.1, 0.15) is 5.75 Å². The smallest absolute Gasteiger partial charge is 0.118 e. The van der Waals surface area contributed by atoms with Gasteiger partial charge in [-0.05, 0) is 30.5 Å². The maximum absolute atomic E-state index is 5.50. The van der Waals surface area contributed by atoms with Crippen molar-refractivity contribution < 1.29 is 9.47 Å². The first-order valence-electron chi connectivity index (χ1n) is 6.61. The molecular weight excluding hydrogens is 226 g/mol. The van der Waals surface area contributed by atoms with Crippen molar-refractivity contribution in [1.82, 2.24) is 5.32 Å². The highest BCUT2D eigenvalue weighted by molar-refractivity contribution is 5.27. The summed E-state index contributed by atoms with van der Waals surface area (Å²) in [6, 6.07) is 8.55. The molecule has 0 aliphatic carbocycles. The van der Waals surface area contributed by atoms with Crippen molar-refractivity contribution in [2.75, 3.05) is 20.3 Å². The number of rotatable bonds is 8. The molecule has 0 aliphatic rings. The quantitative estimate of drug-likeness (QED) is 0.770. The minimum atomic E-state index is 0.395. The zero-order valence-electron chi connectivity index (χ0n) is 11.9. The number of hydrogen-bond acceptors (Lipinski definition) is 3. The summed E-state index contributed by atoms with van der Waals surface area (Å²) in [6.45, 7) is 8.86. The highest BCUT2D eigenvalue weighted by Gasteiger charge is 2.12. The molecule has 0 heterocycles. The van der Waals surface area contributed by atoms with Gasteiger partial charge in [-0.2, -0.15) is 0 Å². The van der Waals surface area contributed by atoms with E-state index in [4.69, 9.17) is 9.47 Å². The lowest BCUT2D eigenvalue weighted by Crippen LogP contribution is -2.37. The predicted molar refractivity (Wildman–Crippen MR) is 75.0 cm³/mol. The van der Waals surface area contributed by atoms with Gasteiger partial charge in [-0.3, -0.25) is 0 Å². The van der Waals surface area contributed by atoms with E-state index in [0.717, 1.165) is 25.5 Å². The molecule has 18 heavy (non-hydrogen) atoms. The Kier molecular flexibility index (Phi) is 6.76. The summed E-state index contributed by atoms with van der Waals surface area (Å²) < 4.78 is 10.6. The van der Waals surface area contributed by atoms with E-state index in [1.807, 2.05) is 19.1 Å². The van der Waals surface area contributed by atoms with Gasteiger partial charge in [0.25, 0.3) is 0 Å². The van der Waals surface area contributed by atoms with Crippen LogP contribution in [0.3, 0.4) is 0 Å². The van der Waals surface area contributed by atoms with Crippen molar-refractivity contribution in [2.45, 2.75) is 33.4 Å². The minimum Gasteiger partial charge on any atom is -0.497 e. The van der Waals surface area contributed by atoms with Crippen LogP contribution in [-0.2, 0) is 11.3 Å². The van der Waals surface area contributed by atoms with Crippen LogP contribution in [0.25, 0.3) is 0 Å². The lowest BCUT2D eigenvalue weighted by molar-refractivity contribution is 0.108. The molecule has 1 atom stereocenters. The number of nitrogens with one attached hydrogen (secondary N) is 1. The van der Waals surface area contributed by atoms with Crippen LogP contribution in [0.5, 0.6) is 5.75 Å². The van der Waals surface area contributed by atoms with Crippen molar-refractivity contribution in [3.8, 4) is 5.75 Å². The molecule has 3 nitrogen and oxygen atoms in total. The van der Waals surface area contributed by atoms with Crippen molar-refractivity contribution in [1.29, 1.82) is 0 Å². The van der Waals surface area contributed by atoms with Crippen molar-refractivity contribution in [3.05, 3.63) is 29.8 Å². The van der Waals surface area contributed by atoms with Crippen LogP contribution in [0.15, 0.2) is 24.3 Å². The van der Waals surface area contributed by atoms with Crippen LogP contribution in [-0.4, -0.2) is 26.4 Å². The van der Waals surface area contributed by atoms with Gasteiger partial charge >= 0.3 is 0 Å². The molecule has 1 aromatic carbocycles. The molecule has 0 amide bonds.